The number of amides is 3. The summed E-state index contributed by atoms with van der Waals surface area (Å²) in [6.45, 7) is 6.64. The van der Waals surface area contributed by atoms with Crippen molar-refractivity contribution in [2.24, 2.45) is 0 Å². The van der Waals surface area contributed by atoms with Crippen LogP contribution in [0.4, 0.5) is 21.0 Å². The summed E-state index contributed by atoms with van der Waals surface area (Å²) in [6, 6.07) is 13.9. The van der Waals surface area contributed by atoms with Gasteiger partial charge in [-0.05, 0) is 32.4 Å². The smallest absolute Gasteiger partial charge is 0.408 e. The fourth-order valence-corrected chi connectivity index (χ4v) is 3.75. The van der Waals surface area contributed by atoms with Crippen LogP contribution in [0.3, 0.4) is 0 Å². The number of anilines is 1. The Balaban J connectivity index is 1.53. The number of nitro benzene ring substituents is 1. The van der Waals surface area contributed by atoms with Crippen molar-refractivity contribution in [1.82, 2.24) is 15.5 Å². The Morgan fingerprint density at radius 3 is 2.34 bits per heavy atom. The molecule has 0 spiro atoms. The molecule has 12 heteroatoms. The van der Waals surface area contributed by atoms with Crippen molar-refractivity contribution in [3.8, 4) is 0 Å². The van der Waals surface area contributed by atoms with Crippen molar-refractivity contribution in [2.45, 2.75) is 39.0 Å². The molecular weight excluding hydrogens is 494 g/mol. The van der Waals surface area contributed by atoms with Crippen LogP contribution >= 0.6 is 0 Å². The van der Waals surface area contributed by atoms with E-state index in [4.69, 9.17) is 9.47 Å². The molecule has 1 fully saturated rings. The topological polar surface area (TPSA) is 143 Å². The number of alkyl carbamates (subject to hydrolysis) is 1. The van der Waals surface area contributed by atoms with E-state index >= 15 is 0 Å². The lowest BCUT2D eigenvalue weighted by Gasteiger charge is -2.36. The second kappa shape index (κ2) is 12.7. The van der Waals surface area contributed by atoms with Crippen LogP contribution in [0.25, 0.3) is 0 Å². The Morgan fingerprint density at radius 2 is 1.71 bits per heavy atom. The van der Waals surface area contributed by atoms with E-state index in [1.54, 1.807) is 49.9 Å². The van der Waals surface area contributed by atoms with E-state index < -0.39 is 34.7 Å². The first-order chi connectivity index (χ1) is 18.0. The van der Waals surface area contributed by atoms with Crippen LogP contribution < -0.4 is 15.5 Å². The summed E-state index contributed by atoms with van der Waals surface area (Å²) in [5.74, 6) is -0.704. The van der Waals surface area contributed by atoms with Crippen molar-refractivity contribution >= 4 is 29.5 Å². The highest BCUT2D eigenvalue weighted by molar-refractivity contribution is 5.83. The number of rotatable bonds is 8. The largest absolute Gasteiger partial charge is 0.458 e. The third kappa shape index (κ3) is 8.64. The second-order valence-electron chi connectivity index (χ2n) is 9.73. The van der Waals surface area contributed by atoms with E-state index in [-0.39, 0.29) is 18.8 Å². The van der Waals surface area contributed by atoms with Gasteiger partial charge in [0.2, 0.25) is 0 Å². The minimum absolute atomic E-state index is 0.00523. The average molecular weight is 528 g/mol. The third-order valence-electron chi connectivity index (χ3n) is 5.63. The Labute approximate surface area is 221 Å². The molecule has 3 rings (SSSR count). The number of nitrogens with zero attached hydrogens (tertiary/aromatic N) is 3. The predicted octanol–water partition coefficient (Wildman–Crippen LogP) is 3.06. The van der Waals surface area contributed by atoms with Gasteiger partial charge in [-0.3, -0.25) is 10.1 Å². The number of urea groups is 1. The summed E-state index contributed by atoms with van der Waals surface area (Å²) in [6.07, 6.45) is -0.815. The van der Waals surface area contributed by atoms with Crippen molar-refractivity contribution in [1.29, 1.82) is 0 Å². The zero-order valence-electron chi connectivity index (χ0n) is 21.7. The molecule has 0 bridgehead atoms. The van der Waals surface area contributed by atoms with Crippen LogP contribution in [0.15, 0.2) is 54.6 Å². The van der Waals surface area contributed by atoms with E-state index in [1.165, 1.54) is 12.1 Å². The quantitative estimate of drug-likeness (QED) is 0.303. The molecule has 0 aromatic heterocycles. The highest BCUT2D eigenvalue weighted by atomic mass is 16.6. The number of esters is 1. The maximum absolute atomic E-state index is 12.8. The van der Waals surface area contributed by atoms with Gasteiger partial charge in [-0.2, -0.15) is 0 Å². The van der Waals surface area contributed by atoms with Gasteiger partial charge in [0.05, 0.1) is 11.5 Å². The number of ether oxygens (including phenoxy) is 2. The lowest BCUT2D eigenvalue weighted by atomic mass is 10.2. The van der Waals surface area contributed by atoms with Gasteiger partial charge in [0.15, 0.2) is 0 Å². The lowest BCUT2D eigenvalue weighted by Crippen LogP contribution is -2.55. The van der Waals surface area contributed by atoms with Crippen LogP contribution in [-0.4, -0.2) is 72.3 Å². The van der Waals surface area contributed by atoms with Gasteiger partial charge >= 0.3 is 18.1 Å². The number of nitrogens with one attached hydrogen (secondary N) is 2. The zero-order valence-corrected chi connectivity index (χ0v) is 21.7. The van der Waals surface area contributed by atoms with Gasteiger partial charge in [0.1, 0.15) is 18.2 Å². The highest BCUT2D eigenvalue weighted by Gasteiger charge is 2.29. The van der Waals surface area contributed by atoms with Crippen molar-refractivity contribution in [2.75, 3.05) is 37.6 Å². The number of nitro groups is 1. The number of piperazine rings is 1. The fourth-order valence-electron chi connectivity index (χ4n) is 3.75. The van der Waals surface area contributed by atoms with E-state index in [0.29, 0.717) is 31.9 Å². The summed E-state index contributed by atoms with van der Waals surface area (Å²) in [7, 11) is 0. The summed E-state index contributed by atoms with van der Waals surface area (Å²) >= 11 is 0. The summed E-state index contributed by atoms with van der Waals surface area (Å²) in [4.78, 5) is 52.0. The van der Waals surface area contributed by atoms with Gasteiger partial charge in [0.25, 0.3) is 5.69 Å². The summed E-state index contributed by atoms with van der Waals surface area (Å²) in [5, 5.41) is 16.2. The van der Waals surface area contributed by atoms with Crippen molar-refractivity contribution < 1.29 is 28.8 Å². The van der Waals surface area contributed by atoms with Crippen LogP contribution in [0.2, 0.25) is 0 Å². The fraction of sp³-hybridized carbons (Fsp3) is 0.423. The molecule has 3 amide bonds. The Kier molecular flexibility index (Phi) is 9.47. The standard InChI is InChI=1S/C26H33N5O7/c1-26(2,3)38-23(32)22(28-25(34)37-18-19-8-5-4-6-9-19)17-27-24(33)30-14-12-29(13-15-30)20-10-7-11-21(16-20)31(35)36/h4-11,16,22H,12-15,17-18H2,1-3H3,(H,27,33)(H,28,34)/t22-/m0/s1. The predicted molar refractivity (Wildman–Crippen MR) is 140 cm³/mol. The molecular formula is C26H33N5O7. The van der Waals surface area contributed by atoms with Crippen LogP contribution in [0.1, 0.15) is 26.3 Å². The molecule has 2 N–H and O–H groups in total. The Hall–Kier alpha value is -4.35. The van der Waals surface area contributed by atoms with Crippen LogP contribution in [0.5, 0.6) is 0 Å². The average Bonchev–Trinajstić information content (AvgIpc) is 2.89. The second-order valence-corrected chi connectivity index (χ2v) is 9.73. The molecule has 1 atom stereocenters. The first kappa shape index (κ1) is 28.2. The van der Waals surface area contributed by atoms with E-state index in [2.05, 4.69) is 10.6 Å². The van der Waals surface area contributed by atoms with Gasteiger partial charge in [-0.1, -0.05) is 36.4 Å². The first-order valence-electron chi connectivity index (χ1n) is 12.2. The molecule has 204 valence electrons. The normalized spacial score (nSPS) is 14.3. The maximum Gasteiger partial charge on any atom is 0.408 e. The Bertz CT molecular complexity index is 1130. The Morgan fingerprint density at radius 1 is 1.03 bits per heavy atom. The van der Waals surface area contributed by atoms with Gasteiger partial charge < -0.3 is 29.9 Å². The molecule has 0 unspecified atom stereocenters. The van der Waals surface area contributed by atoms with E-state index in [0.717, 1.165) is 5.56 Å². The molecule has 0 radical (unpaired) electrons. The summed E-state index contributed by atoms with van der Waals surface area (Å²) in [5.41, 5.74) is 0.708. The summed E-state index contributed by atoms with van der Waals surface area (Å²) < 4.78 is 10.6. The number of carbonyl (C=O) groups is 3. The maximum atomic E-state index is 12.8. The molecule has 2 aromatic carbocycles. The monoisotopic (exact) mass is 527 g/mol. The molecule has 1 aliphatic rings. The minimum atomic E-state index is -1.16. The molecule has 12 nitrogen and oxygen atoms in total. The number of carbonyl (C=O) groups excluding carboxylic acids is 3. The molecule has 38 heavy (non-hydrogen) atoms. The molecule has 2 aromatic rings. The van der Waals surface area contributed by atoms with Gasteiger partial charge in [-0.25, -0.2) is 14.4 Å². The number of benzene rings is 2. The van der Waals surface area contributed by atoms with Gasteiger partial charge in [0, 0.05) is 44.0 Å². The molecule has 1 saturated heterocycles. The number of hydrogen-bond acceptors (Lipinski definition) is 8. The van der Waals surface area contributed by atoms with E-state index in [1.807, 2.05) is 23.1 Å². The third-order valence-corrected chi connectivity index (χ3v) is 5.63. The molecule has 0 aliphatic carbocycles. The molecule has 1 heterocycles. The van der Waals surface area contributed by atoms with E-state index in [9.17, 15) is 24.5 Å². The lowest BCUT2D eigenvalue weighted by molar-refractivity contribution is -0.384. The van der Waals surface area contributed by atoms with Crippen molar-refractivity contribution in [3.63, 3.8) is 0 Å². The van der Waals surface area contributed by atoms with Crippen molar-refractivity contribution in [3.05, 3.63) is 70.3 Å². The van der Waals surface area contributed by atoms with Gasteiger partial charge in [-0.15, -0.1) is 0 Å². The molecule has 0 saturated carbocycles. The SMILES string of the molecule is CC(C)(C)OC(=O)[C@H](CNC(=O)N1CCN(c2cccc([N+](=O)[O-])c2)CC1)NC(=O)OCc1ccccc1. The first-order valence-corrected chi connectivity index (χ1v) is 12.2. The number of hydrogen-bond donors (Lipinski definition) is 2. The highest BCUT2D eigenvalue weighted by Crippen LogP contribution is 2.22. The zero-order chi connectivity index (χ0) is 27.7. The number of non-ortho nitro benzene ring substituents is 1. The van der Waals surface area contributed by atoms with Crippen LogP contribution in [0, 0.1) is 10.1 Å². The molecule has 1 aliphatic heterocycles. The minimum Gasteiger partial charge on any atom is -0.458 e. The van der Waals surface area contributed by atoms with Crippen LogP contribution in [-0.2, 0) is 20.9 Å².